The average molecular weight is 399 g/mol. The first kappa shape index (κ1) is 18.0. The molecule has 0 bridgehead atoms. The van der Waals surface area contributed by atoms with E-state index in [1.807, 2.05) is 6.07 Å². The minimum atomic E-state index is 0.264. The summed E-state index contributed by atoms with van der Waals surface area (Å²) >= 11 is 1.76. The van der Waals surface area contributed by atoms with Crippen LogP contribution in [0.25, 0.3) is 0 Å². The Morgan fingerprint density at radius 2 is 1.86 bits per heavy atom. The normalized spacial score (nSPS) is 24.6. The molecule has 0 radical (unpaired) electrons. The van der Waals surface area contributed by atoms with Crippen molar-refractivity contribution in [2.75, 3.05) is 32.8 Å². The zero-order valence-electron chi connectivity index (χ0n) is 16.0. The van der Waals surface area contributed by atoms with Gasteiger partial charge in [0.1, 0.15) is 13.2 Å². The molecule has 0 N–H and O–H groups in total. The van der Waals surface area contributed by atoms with Gasteiger partial charge < -0.3 is 14.4 Å². The monoisotopic (exact) mass is 398 g/mol. The molecule has 3 aliphatic heterocycles. The summed E-state index contributed by atoms with van der Waals surface area (Å²) in [7, 11) is 0. The highest BCUT2D eigenvalue weighted by atomic mass is 32.1. The number of hydrogen-bond donors (Lipinski definition) is 0. The molecule has 1 aromatic heterocycles. The topological polar surface area (TPSA) is 42.0 Å². The maximum atomic E-state index is 13.2. The van der Waals surface area contributed by atoms with E-state index in [0.717, 1.165) is 50.3 Å². The van der Waals surface area contributed by atoms with Crippen LogP contribution in [0, 0.1) is 0 Å². The number of benzene rings is 1. The van der Waals surface area contributed by atoms with E-state index in [0.29, 0.717) is 19.8 Å². The summed E-state index contributed by atoms with van der Waals surface area (Å²) in [5.74, 6) is 1.92. The van der Waals surface area contributed by atoms with Crippen molar-refractivity contribution in [1.82, 2.24) is 9.80 Å². The molecule has 28 heavy (non-hydrogen) atoms. The first-order valence-electron chi connectivity index (χ1n) is 10.3. The Balaban J connectivity index is 1.30. The van der Waals surface area contributed by atoms with E-state index in [1.54, 1.807) is 11.3 Å². The highest BCUT2D eigenvalue weighted by Gasteiger charge is 2.34. The maximum Gasteiger partial charge on any atom is 0.237 e. The van der Waals surface area contributed by atoms with Gasteiger partial charge in [0, 0.05) is 17.5 Å². The van der Waals surface area contributed by atoms with Gasteiger partial charge in [0.15, 0.2) is 11.5 Å². The van der Waals surface area contributed by atoms with Gasteiger partial charge in [-0.3, -0.25) is 9.69 Å². The third-order valence-electron chi connectivity index (χ3n) is 6.10. The van der Waals surface area contributed by atoms with Crippen LogP contribution < -0.4 is 9.47 Å². The highest BCUT2D eigenvalue weighted by molar-refractivity contribution is 7.10. The third-order valence-corrected chi connectivity index (χ3v) is 7.07. The first-order chi connectivity index (χ1) is 13.8. The molecule has 2 saturated heterocycles. The molecule has 0 spiro atoms. The predicted molar refractivity (Wildman–Crippen MR) is 109 cm³/mol. The predicted octanol–water partition coefficient (Wildman–Crippen LogP) is 4.02. The molecular formula is C22H26N2O3S. The van der Waals surface area contributed by atoms with Crippen LogP contribution in [0.1, 0.15) is 48.2 Å². The van der Waals surface area contributed by atoms with Crippen molar-refractivity contribution in [2.45, 2.75) is 37.8 Å². The van der Waals surface area contributed by atoms with Crippen molar-refractivity contribution in [3.8, 4) is 11.5 Å². The van der Waals surface area contributed by atoms with E-state index < -0.39 is 0 Å². The van der Waals surface area contributed by atoms with Crippen LogP contribution in [0.2, 0.25) is 0 Å². The molecule has 4 heterocycles. The quantitative estimate of drug-likeness (QED) is 0.780. The zero-order chi connectivity index (χ0) is 18.9. The van der Waals surface area contributed by atoms with Gasteiger partial charge in [-0.25, -0.2) is 0 Å². The minimum Gasteiger partial charge on any atom is -0.486 e. The molecule has 2 unspecified atom stereocenters. The van der Waals surface area contributed by atoms with Gasteiger partial charge in [0.2, 0.25) is 5.91 Å². The fourth-order valence-electron chi connectivity index (χ4n) is 4.77. The number of thiophene rings is 1. The number of carbonyl (C=O) groups is 1. The summed E-state index contributed by atoms with van der Waals surface area (Å²) in [4.78, 5) is 18.9. The zero-order valence-corrected chi connectivity index (χ0v) is 16.8. The van der Waals surface area contributed by atoms with E-state index in [1.165, 1.54) is 10.4 Å². The van der Waals surface area contributed by atoms with Crippen molar-refractivity contribution in [2.24, 2.45) is 0 Å². The number of likely N-dealkylation sites (tertiary alicyclic amines) is 2. The number of carbonyl (C=O) groups excluding carboxylic acids is 1. The minimum absolute atomic E-state index is 0.264. The summed E-state index contributed by atoms with van der Waals surface area (Å²) in [6.07, 6.45) is 4.39. The van der Waals surface area contributed by atoms with Gasteiger partial charge in [0.25, 0.3) is 0 Å². The summed E-state index contributed by atoms with van der Waals surface area (Å²) in [6.45, 7) is 3.56. The molecule has 3 aliphatic rings. The SMILES string of the molecule is O=C(CN1CCCC1c1ccc2c(c1)OCCO2)N1CCCC1c1cccs1. The molecule has 1 amide bonds. The third kappa shape index (κ3) is 3.40. The Hall–Kier alpha value is -2.05. The van der Waals surface area contributed by atoms with E-state index in [2.05, 4.69) is 39.4 Å². The molecule has 0 saturated carbocycles. The molecule has 148 valence electrons. The number of ether oxygens (including phenoxy) is 2. The lowest BCUT2D eigenvalue weighted by atomic mass is 10.0. The second kappa shape index (κ2) is 7.76. The lowest BCUT2D eigenvalue weighted by Gasteiger charge is -2.30. The average Bonchev–Trinajstić information content (AvgIpc) is 3.47. The van der Waals surface area contributed by atoms with Crippen molar-refractivity contribution in [3.63, 3.8) is 0 Å². The van der Waals surface area contributed by atoms with E-state index in [4.69, 9.17) is 9.47 Å². The van der Waals surface area contributed by atoms with Crippen molar-refractivity contribution in [1.29, 1.82) is 0 Å². The number of rotatable bonds is 4. The number of amides is 1. The molecule has 2 aromatic rings. The molecule has 0 aliphatic carbocycles. The van der Waals surface area contributed by atoms with Gasteiger partial charge in [-0.2, -0.15) is 0 Å². The van der Waals surface area contributed by atoms with Crippen LogP contribution in [-0.4, -0.2) is 48.6 Å². The molecule has 5 rings (SSSR count). The second-order valence-corrected chi connectivity index (χ2v) is 8.77. The van der Waals surface area contributed by atoms with Gasteiger partial charge in [-0.05, 0) is 61.4 Å². The molecule has 2 atom stereocenters. The van der Waals surface area contributed by atoms with E-state index in [-0.39, 0.29) is 18.0 Å². The van der Waals surface area contributed by atoms with Crippen LogP contribution in [0.3, 0.4) is 0 Å². The Kier molecular flexibility index (Phi) is 4.99. The van der Waals surface area contributed by atoms with E-state index >= 15 is 0 Å². The Bertz CT molecular complexity index is 838. The van der Waals surface area contributed by atoms with E-state index in [9.17, 15) is 4.79 Å². The number of fused-ring (bicyclic) bond motifs is 1. The highest BCUT2D eigenvalue weighted by Crippen LogP contribution is 2.39. The van der Waals surface area contributed by atoms with Crippen LogP contribution in [0.5, 0.6) is 11.5 Å². The molecular weight excluding hydrogens is 372 g/mol. The smallest absolute Gasteiger partial charge is 0.237 e. The molecule has 6 heteroatoms. The summed E-state index contributed by atoms with van der Waals surface area (Å²) in [5, 5.41) is 2.11. The van der Waals surface area contributed by atoms with Crippen molar-refractivity contribution in [3.05, 3.63) is 46.2 Å². The van der Waals surface area contributed by atoms with Gasteiger partial charge in [-0.15, -0.1) is 11.3 Å². The Labute approximate surface area is 169 Å². The Morgan fingerprint density at radius 1 is 1.04 bits per heavy atom. The summed E-state index contributed by atoms with van der Waals surface area (Å²) in [6, 6.07) is 11.0. The Morgan fingerprint density at radius 3 is 2.71 bits per heavy atom. The van der Waals surface area contributed by atoms with Crippen molar-refractivity contribution < 1.29 is 14.3 Å². The lowest BCUT2D eigenvalue weighted by Crippen LogP contribution is -2.39. The van der Waals surface area contributed by atoms with Gasteiger partial charge in [0.05, 0.1) is 12.6 Å². The van der Waals surface area contributed by atoms with Gasteiger partial charge in [-0.1, -0.05) is 12.1 Å². The number of nitrogens with zero attached hydrogens (tertiary/aromatic N) is 2. The number of hydrogen-bond acceptors (Lipinski definition) is 5. The lowest BCUT2D eigenvalue weighted by molar-refractivity contribution is -0.133. The second-order valence-electron chi connectivity index (χ2n) is 7.79. The standard InChI is InChI=1S/C22H26N2O3S/c25-22(24-10-2-5-18(24)21-6-3-13-28-21)15-23-9-1-4-17(23)16-7-8-19-20(14-16)27-12-11-26-19/h3,6-8,13-14,17-18H,1-2,4-5,9-12,15H2. The summed E-state index contributed by atoms with van der Waals surface area (Å²) in [5.41, 5.74) is 1.23. The largest absolute Gasteiger partial charge is 0.486 e. The maximum absolute atomic E-state index is 13.2. The molecule has 2 fully saturated rings. The van der Waals surface area contributed by atoms with Crippen LogP contribution in [-0.2, 0) is 4.79 Å². The van der Waals surface area contributed by atoms with Gasteiger partial charge >= 0.3 is 0 Å². The molecule has 5 nitrogen and oxygen atoms in total. The van der Waals surface area contributed by atoms with Crippen LogP contribution in [0.15, 0.2) is 35.7 Å². The van der Waals surface area contributed by atoms with Crippen LogP contribution >= 0.6 is 11.3 Å². The van der Waals surface area contributed by atoms with Crippen molar-refractivity contribution >= 4 is 17.2 Å². The summed E-state index contributed by atoms with van der Waals surface area (Å²) < 4.78 is 11.4. The first-order valence-corrected chi connectivity index (χ1v) is 11.1. The fourth-order valence-corrected chi connectivity index (χ4v) is 5.64. The van der Waals surface area contributed by atoms with Crippen LogP contribution in [0.4, 0.5) is 0 Å². The fraction of sp³-hybridized carbons (Fsp3) is 0.500. The molecule has 1 aromatic carbocycles.